The molecule has 1 aliphatic heterocycles. The van der Waals surface area contributed by atoms with Crippen molar-refractivity contribution >= 4 is 0 Å². The van der Waals surface area contributed by atoms with Crippen LogP contribution in [0.3, 0.4) is 0 Å². The summed E-state index contributed by atoms with van der Waals surface area (Å²) in [6, 6.07) is 5.72. The van der Waals surface area contributed by atoms with E-state index in [1.807, 2.05) is 0 Å². The molecule has 10 aliphatic rings. The second-order valence-corrected chi connectivity index (χ2v) is 20.3. The molecule has 0 saturated heterocycles. The Morgan fingerprint density at radius 2 is 1.45 bits per heavy atom. The van der Waals surface area contributed by atoms with Crippen LogP contribution in [0.15, 0.2) is 95.3 Å². The fourth-order valence-corrected chi connectivity index (χ4v) is 14.7. The van der Waals surface area contributed by atoms with Gasteiger partial charge in [0.05, 0.1) is 6.17 Å². The first kappa shape index (κ1) is 36.3. The van der Waals surface area contributed by atoms with Crippen LogP contribution in [0.2, 0.25) is 0 Å². The molecule has 0 aromatic heterocycles. The van der Waals surface area contributed by atoms with Gasteiger partial charge in [-0.3, -0.25) is 5.32 Å². The predicted octanol–water partition coefficient (Wildman–Crippen LogP) is 13.0. The van der Waals surface area contributed by atoms with Crippen molar-refractivity contribution in [2.45, 2.75) is 165 Å². The highest BCUT2D eigenvalue weighted by molar-refractivity contribution is 5.51. The number of fused-ring (bicyclic) bond motifs is 4. The summed E-state index contributed by atoms with van der Waals surface area (Å²) in [7, 11) is 0. The van der Waals surface area contributed by atoms with Gasteiger partial charge in [0.1, 0.15) is 0 Å². The van der Waals surface area contributed by atoms with Gasteiger partial charge in [-0.15, -0.1) is 0 Å². The zero-order valence-corrected chi connectivity index (χ0v) is 34.4. The minimum Gasteiger partial charge on any atom is -0.372 e. The van der Waals surface area contributed by atoms with Gasteiger partial charge in [0.25, 0.3) is 0 Å². The molecule has 11 unspecified atom stereocenters. The number of hydrogen-bond acceptors (Lipinski definition) is 2. The van der Waals surface area contributed by atoms with E-state index in [2.05, 4.69) is 83.5 Å². The molecule has 296 valence electrons. The Balaban J connectivity index is 0.929. The molecule has 56 heavy (non-hydrogen) atoms. The molecule has 2 saturated carbocycles. The van der Waals surface area contributed by atoms with Crippen LogP contribution < -0.4 is 10.6 Å². The Kier molecular flexibility index (Phi) is 10.2. The van der Waals surface area contributed by atoms with Gasteiger partial charge in [0.15, 0.2) is 0 Å². The molecule has 2 fully saturated rings. The first-order valence-electron chi connectivity index (χ1n) is 24.3. The van der Waals surface area contributed by atoms with E-state index in [0.29, 0.717) is 41.8 Å². The summed E-state index contributed by atoms with van der Waals surface area (Å²) < 4.78 is 0. The van der Waals surface area contributed by atoms with Crippen molar-refractivity contribution in [3.05, 3.63) is 118 Å². The second-order valence-electron chi connectivity index (χ2n) is 20.3. The lowest BCUT2D eigenvalue weighted by atomic mass is 9.67. The van der Waals surface area contributed by atoms with Crippen molar-refractivity contribution in [1.29, 1.82) is 0 Å². The third-order valence-corrected chi connectivity index (χ3v) is 17.3. The Morgan fingerprint density at radius 1 is 0.571 bits per heavy atom. The quantitative estimate of drug-likeness (QED) is 0.283. The molecule has 0 amide bonds. The molecule has 1 aromatic carbocycles. The molecule has 1 heterocycles. The van der Waals surface area contributed by atoms with Crippen LogP contribution >= 0.6 is 0 Å². The fraction of sp³-hybridized carbons (Fsp3) is 0.630. The van der Waals surface area contributed by atoms with E-state index in [1.54, 1.807) is 44.7 Å². The van der Waals surface area contributed by atoms with Gasteiger partial charge < -0.3 is 5.32 Å². The van der Waals surface area contributed by atoms with Gasteiger partial charge >= 0.3 is 0 Å². The van der Waals surface area contributed by atoms with Crippen LogP contribution in [-0.2, 0) is 12.8 Å². The molecule has 2 N–H and O–H groups in total. The maximum atomic E-state index is 4.43. The lowest BCUT2D eigenvalue weighted by molar-refractivity contribution is 0.229. The summed E-state index contributed by atoms with van der Waals surface area (Å²) in [4.78, 5) is 0. The van der Waals surface area contributed by atoms with Gasteiger partial charge in [-0.2, -0.15) is 0 Å². The third kappa shape index (κ3) is 6.55. The lowest BCUT2D eigenvalue weighted by Crippen LogP contribution is -2.60. The number of rotatable bonds is 6. The largest absolute Gasteiger partial charge is 0.372 e. The molecule has 1 aromatic rings. The summed E-state index contributed by atoms with van der Waals surface area (Å²) in [6.07, 6.45) is 55.9. The second kappa shape index (κ2) is 15.7. The highest BCUT2D eigenvalue weighted by Crippen LogP contribution is 2.60. The van der Waals surface area contributed by atoms with Crippen molar-refractivity contribution in [2.75, 3.05) is 0 Å². The first-order chi connectivity index (χ1) is 27.8. The van der Waals surface area contributed by atoms with Gasteiger partial charge in [-0.05, 0) is 202 Å². The lowest BCUT2D eigenvalue weighted by Gasteiger charge is -2.47. The van der Waals surface area contributed by atoms with E-state index in [9.17, 15) is 0 Å². The van der Waals surface area contributed by atoms with Crippen molar-refractivity contribution in [3.8, 4) is 0 Å². The Morgan fingerprint density at radius 3 is 2.29 bits per heavy atom. The molecular formula is C54H70N2. The molecule has 2 nitrogen and oxygen atoms in total. The van der Waals surface area contributed by atoms with E-state index in [4.69, 9.17) is 0 Å². The maximum absolute atomic E-state index is 4.43. The van der Waals surface area contributed by atoms with Gasteiger partial charge in [0, 0.05) is 29.5 Å². The van der Waals surface area contributed by atoms with Crippen molar-refractivity contribution in [2.24, 2.45) is 47.3 Å². The van der Waals surface area contributed by atoms with Gasteiger partial charge in [-0.1, -0.05) is 92.2 Å². The maximum Gasteiger partial charge on any atom is 0.0834 e. The number of nitrogens with one attached hydrogen (secondary N) is 2. The minimum absolute atomic E-state index is 0.349. The Hall–Kier alpha value is -2.84. The van der Waals surface area contributed by atoms with Crippen LogP contribution in [0.4, 0.5) is 0 Å². The molecule has 0 bridgehead atoms. The van der Waals surface area contributed by atoms with Crippen LogP contribution in [-0.4, -0.2) is 12.2 Å². The Labute approximate surface area is 339 Å². The summed E-state index contributed by atoms with van der Waals surface area (Å²) in [5, 5.41) is 8.72. The topological polar surface area (TPSA) is 24.1 Å². The molecule has 2 heteroatoms. The highest BCUT2D eigenvalue weighted by atomic mass is 15.2. The molecule has 0 spiro atoms. The zero-order chi connectivity index (χ0) is 37.0. The van der Waals surface area contributed by atoms with Crippen LogP contribution in [0, 0.1) is 47.3 Å². The van der Waals surface area contributed by atoms with E-state index < -0.39 is 0 Å². The summed E-state index contributed by atoms with van der Waals surface area (Å²) in [5.74, 6) is 6.91. The monoisotopic (exact) mass is 747 g/mol. The van der Waals surface area contributed by atoms with Crippen LogP contribution in [0.5, 0.6) is 0 Å². The standard InChI is InChI=1S/C54H70N2/c1-4-15-37(16-5-1)51-52(39-17-6-2-7-18-39)55-54(41-19-8-3-9-20-41)56-53(51)40-28-26-38(27-29-40)49-43-23-11-10-14-35(43)30-32-44(49)42-31-33-45-46-24-12-21-36-22-13-25-47(50(36)46)48(45)34-42/h6,8,13,17,19,22,24,26,28,30,32-33,36-42,47-48,50,53-56H,1-5,7,9-12,14-16,18,20-21,23,25,27,29,31,34H2. The van der Waals surface area contributed by atoms with E-state index >= 15 is 0 Å². The minimum atomic E-state index is 0.349. The molecular weight excluding hydrogens is 677 g/mol. The van der Waals surface area contributed by atoms with Gasteiger partial charge in [-0.25, -0.2) is 0 Å². The van der Waals surface area contributed by atoms with Crippen molar-refractivity contribution in [1.82, 2.24) is 10.6 Å². The van der Waals surface area contributed by atoms with Crippen LogP contribution in [0.25, 0.3) is 0 Å². The average Bonchev–Trinajstić information content (AvgIpc) is 3.60. The van der Waals surface area contributed by atoms with Crippen molar-refractivity contribution < 1.29 is 0 Å². The molecule has 9 aliphatic carbocycles. The average molecular weight is 747 g/mol. The van der Waals surface area contributed by atoms with E-state index in [1.165, 1.54) is 141 Å². The van der Waals surface area contributed by atoms with Gasteiger partial charge in [0.2, 0.25) is 0 Å². The Bertz CT molecular complexity index is 1860. The third-order valence-electron chi connectivity index (χ3n) is 17.3. The predicted molar refractivity (Wildman–Crippen MR) is 233 cm³/mol. The van der Waals surface area contributed by atoms with Crippen LogP contribution in [0.1, 0.15) is 163 Å². The first-order valence-corrected chi connectivity index (χ1v) is 24.3. The van der Waals surface area contributed by atoms with E-state index in [0.717, 1.165) is 29.6 Å². The normalized spacial score (nSPS) is 39.3. The molecule has 11 atom stereocenters. The SMILES string of the molecule is C1=CC(C2=C(C3CCCCC3)C(C3C=CC(c4c(C5CC=C6C7=CCCC8C=CCC(C6C5)C78)ccc5c4CCCC5)CC3)NC(C3C=CCCC3)N2)CCC1. The summed E-state index contributed by atoms with van der Waals surface area (Å²) in [5.41, 5.74) is 14.0. The summed E-state index contributed by atoms with van der Waals surface area (Å²) >= 11 is 0. The smallest absolute Gasteiger partial charge is 0.0834 e. The molecule has 0 radical (unpaired) electrons. The fourth-order valence-electron chi connectivity index (χ4n) is 14.7. The zero-order valence-electron chi connectivity index (χ0n) is 34.4. The van der Waals surface area contributed by atoms with E-state index in [-0.39, 0.29) is 0 Å². The number of allylic oxidation sites excluding steroid dienone is 10. The summed E-state index contributed by atoms with van der Waals surface area (Å²) in [6.45, 7) is 0. The number of hydrogen-bond donors (Lipinski definition) is 2. The van der Waals surface area contributed by atoms with Crippen molar-refractivity contribution in [3.63, 3.8) is 0 Å². The number of aryl methyl sites for hydroxylation is 1. The molecule has 11 rings (SSSR count). The number of benzene rings is 1. The highest BCUT2D eigenvalue weighted by Gasteiger charge is 2.49.